The summed E-state index contributed by atoms with van der Waals surface area (Å²) in [7, 11) is 0. The van der Waals surface area contributed by atoms with Crippen LogP contribution >= 0.6 is 11.6 Å². The summed E-state index contributed by atoms with van der Waals surface area (Å²) in [6.45, 7) is 1.74. The molecule has 1 aromatic heterocycles. The predicted octanol–water partition coefficient (Wildman–Crippen LogP) is 4.36. The molecule has 0 saturated carbocycles. The number of hydrogen-bond acceptors (Lipinski definition) is 3. The second kappa shape index (κ2) is 5.56. The van der Waals surface area contributed by atoms with Gasteiger partial charge in [-0.15, -0.1) is 11.6 Å². The van der Waals surface area contributed by atoms with E-state index in [4.69, 9.17) is 11.6 Å². The molecule has 1 unspecified atom stereocenters. The molecule has 0 aliphatic carbocycles. The molecule has 0 fully saturated rings. The van der Waals surface area contributed by atoms with Crippen molar-refractivity contribution in [2.75, 3.05) is 0 Å². The average molecular weight is 311 g/mol. The predicted molar refractivity (Wildman–Crippen MR) is 52.7 cm³/mol. The summed E-state index contributed by atoms with van der Waals surface area (Å²) in [6, 6.07) is 0. The summed E-state index contributed by atoms with van der Waals surface area (Å²) >= 11 is 5.71. The highest BCUT2D eigenvalue weighted by Crippen LogP contribution is 2.45. The quantitative estimate of drug-likeness (QED) is 0.613. The summed E-state index contributed by atoms with van der Waals surface area (Å²) in [4.78, 5) is 3.11. The minimum Gasteiger partial charge on any atom is -0.338 e. The highest BCUT2D eigenvalue weighted by atomic mass is 35.5. The Kier molecular flexibility index (Phi) is 4.70. The lowest BCUT2D eigenvalue weighted by atomic mass is 10.1. The van der Waals surface area contributed by atoms with Crippen molar-refractivity contribution in [1.29, 1.82) is 0 Å². The van der Waals surface area contributed by atoms with Crippen LogP contribution in [0.3, 0.4) is 0 Å². The SMILES string of the molecule is CCCC(Cl)c1noc(C(C(F)(F)F)C(F)(F)F)n1. The first-order chi connectivity index (χ1) is 8.57. The van der Waals surface area contributed by atoms with E-state index in [1.165, 1.54) is 0 Å². The van der Waals surface area contributed by atoms with Crippen molar-refractivity contribution in [3.63, 3.8) is 0 Å². The molecule has 0 N–H and O–H groups in total. The summed E-state index contributed by atoms with van der Waals surface area (Å²) in [5, 5.41) is 2.18. The Labute approximate surface area is 108 Å². The smallest absolute Gasteiger partial charge is 0.338 e. The fraction of sp³-hybridized carbons (Fsp3) is 0.778. The summed E-state index contributed by atoms with van der Waals surface area (Å²) in [5.74, 6) is -5.72. The van der Waals surface area contributed by atoms with E-state index in [9.17, 15) is 26.3 Å². The van der Waals surface area contributed by atoms with Gasteiger partial charge in [-0.3, -0.25) is 0 Å². The number of hydrogen-bond donors (Lipinski definition) is 0. The molecule has 0 aliphatic heterocycles. The van der Waals surface area contributed by atoms with Gasteiger partial charge in [0.2, 0.25) is 11.8 Å². The lowest BCUT2D eigenvalue weighted by Crippen LogP contribution is -2.34. The third kappa shape index (κ3) is 3.99. The van der Waals surface area contributed by atoms with Gasteiger partial charge in [0, 0.05) is 0 Å². The average Bonchev–Trinajstić information content (AvgIpc) is 2.62. The summed E-state index contributed by atoms with van der Waals surface area (Å²) < 4.78 is 78.3. The van der Waals surface area contributed by atoms with E-state index in [0.29, 0.717) is 12.8 Å². The van der Waals surface area contributed by atoms with Gasteiger partial charge in [0.1, 0.15) is 0 Å². The zero-order valence-electron chi connectivity index (χ0n) is 9.52. The van der Waals surface area contributed by atoms with Crippen molar-refractivity contribution in [3.8, 4) is 0 Å². The Balaban J connectivity index is 3.06. The highest BCUT2D eigenvalue weighted by molar-refractivity contribution is 6.20. The molecule has 3 nitrogen and oxygen atoms in total. The topological polar surface area (TPSA) is 38.9 Å². The standard InChI is InChI=1S/C9H9ClF6N2O/c1-2-3-4(10)6-17-7(19-18-6)5(8(11,12)13)9(14,15)16/h4-5H,2-3H2,1H3. The first-order valence-electron chi connectivity index (χ1n) is 5.18. The molecule has 10 heteroatoms. The van der Waals surface area contributed by atoms with Crippen molar-refractivity contribution < 1.29 is 30.9 Å². The van der Waals surface area contributed by atoms with E-state index in [2.05, 4.69) is 14.7 Å². The highest BCUT2D eigenvalue weighted by Gasteiger charge is 2.60. The zero-order chi connectivity index (χ0) is 14.8. The minimum absolute atomic E-state index is 0.309. The Morgan fingerprint density at radius 2 is 1.68 bits per heavy atom. The molecule has 110 valence electrons. The Morgan fingerprint density at radius 3 is 2.11 bits per heavy atom. The van der Waals surface area contributed by atoms with Gasteiger partial charge >= 0.3 is 12.4 Å². The van der Waals surface area contributed by atoms with E-state index < -0.39 is 29.5 Å². The molecule has 0 bridgehead atoms. The molecule has 0 aromatic carbocycles. The molecule has 1 rings (SSSR count). The number of alkyl halides is 7. The van der Waals surface area contributed by atoms with Crippen molar-refractivity contribution in [1.82, 2.24) is 10.1 Å². The lowest BCUT2D eigenvalue weighted by molar-refractivity contribution is -0.259. The largest absolute Gasteiger partial charge is 0.409 e. The maximum atomic E-state index is 12.4. The van der Waals surface area contributed by atoms with Crippen LogP contribution in [-0.4, -0.2) is 22.5 Å². The zero-order valence-corrected chi connectivity index (χ0v) is 10.3. The van der Waals surface area contributed by atoms with Gasteiger partial charge in [-0.25, -0.2) is 0 Å². The van der Waals surface area contributed by atoms with Gasteiger partial charge in [0.05, 0.1) is 5.38 Å². The van der Waals surface area contributed by atoms with E-state index in [1.54, 1.807) is 6.92 Å². The number of halogens is 7. The van der Waals surface area contributed by atoms with E-state index in [1.807, 2.05) is 0 Å². The number of nitrogens with zero attached hydrogens (tertiary/aromatic N) is 2. The van der Waals surface area contributed by atoms with E-state index in [0.717, 1.165) is 0 Å². The van der Waals surface area contributed by atoms with Gasteiger partial charge in [-0.2, -0.15) is 31.3 Å². The first-order valence-corrected chi connectivity index (χ1v) is 5.62. The van der Waals surface area contributed by atoms with Gasteiger partial charge < -0.3 is 4.52 Å². The Morgan fingerprint density at radius 1 is 1.16 bits per heavy atom. The van der Waals surface area contributed by atoms with Crippen LogP contribution in [-0.2, 0) is 0 Å². The summed E-state index contributed by atoms with van der Waals surface area (Å²) in [6.07, 6.45) is -10.2. The lowest BCUT2D eigenvalue weighted by Gasteiger charge is -2.19. The van der Waals surface area contributed by atoms with Gasteiger partial charge in [0.15, 0.2) is 5.82 Å². The van der Waals surface area contributed by atoms with Crippen LogP contribution in [0.2, 0.25) is 0 Å². The van der Waals surface area contributed by atoms with Gasteiger partial charge in [-0.05, 0) is 6.42 Å². The van der Waals surface area contributed by atoms with Crippen LogP contribution in [0.5, 0.6) is 0 Å². The van der Waals surface area contributed by atoms with Gasteiger partial charge in [-0.1, -0.05) is 18.5 Å². The molecule has 1 atom stereocenters. The molecule has 0 radical (unpaired) electrons. The van der Waals surface area contributed by atoms with Crippen LogP contribution in [0.25, 0.3) is 0 Å². The van der Waals surface area contributed by atoms with Crippen LogP contribution in [0.4, 0.5) is 26.3 Å². The van der Waals surface area contributed by atoms with Crippen molar-refractivity contribution in [2.24, 2.45) is 0 Å². The molecule has 0 aliphatic rings. The summed E-state index contributed by atoms with van der Waals surface area (Å²) in [5.41, 5.74) is 0. The fourth-order valence-electron chi connectivity index (χ4n) is 1.34. The van der Waals surface area contributed by atoms with Crippen LogP contribution < -0.4 is 0 Å². The molecule has 0 amide bonds. The number of aromatic nitrogens is 2. The Bertz CT molecular complexity index is 402. The van der Waals surface area contributed by atoms with Crippen LogP contribution in [0, 0.1) is 0 Å². The van der Waals surface area contributed by atoms with Crippen molar-refractivity contribution >= 4 is 11.6 Å². The minimum atomic E-state index is -5.56. The fourth-order valence-corrected chi connectivity index (χ4v) is 1.65. The second-order valence-corrected chi connectivity index (χ2v) is 4.29. The number of rotatable bonds is 4. The molecule has 0 saturated heterocycles. The van der Waals surface area contributed by atoms with E-state index in [-0.39, 0.29) is 5.82 Å². The maximum Gasteiger partial charge on any atom is 0.409 e. The first kappa shape index (κ1) is 16.1. The van der Waals surface area contributed by atoms with Crippen molar-refractivity contribution in [3.05, 3.63) is 11.7 Å². The Hall–Kier alpha value is -0.990. The molecule has 1 heterocycles. The third-order valence-electron chi connectivity index (χ3n) is 2.18. The maximum absolute atomic E-state index is 12.4. The third-order valence-corrected chi connectivity index (χ3v) is 2.59. The monoisotopic (exact) mass is 310 g/mol. The van der Waals surface area contributed by atoms with Crippen molar-refractivity contribution in [2.45, 2.75) is 43.4 Å². The molecule has 19 heavy (non-hydrogen) atoms. The molecule has 1 aromatic rings. The van der Waals surface area contributed by atoms with E-state index >= 15 is 0 Å². The van der Waals surface area contributed by atoms with Gasteiger partial charge in [0.25, 0.3) is 0 Å². The molecular weight excluding hydrogens is 302 g/mol. The van der Waals surface area contributed by atoms with Crippen LogP contribution in [0.1, 0.15) is 42.8 Å². The normalized spacial score (nSPS) is 15.0. The second-order valence-electron chi connectivity index (χ2n) is 3.76. The molecule has 0 spiro atoms. The van der Waals surface area contributed by atoms with Crippen LogP contribution in [0.15, 0.2) is 4.52 Å². The molecular formula is C9H9ClF6N2O.